The van der Waals surface area contributed by atoms with Gasteiger partial charge in [0.05, 0.1) is 22.1 Å². The normalized spacial score (nSPS) is 14.7. The van der Waals surface area contributed by atoms with Crippen molar-refractivity contribution in [3.63, 3.8) is 0 Å². The molecule has 1 fully saturated rings. The number of aliphatic hydroxyl groups excluding tert-OH is 1. The Morgan fingerprint density at radius 1 is 1.15 bits per heavy atom. The molecule has 0 saturated carbocycles. The van der Waals surface area contributed by atoms with Gasteiger partial charge in [0.1, 0.15) is 12.1 Å². The molecule has 174 valence electrons. The van der Waals surface area contributed by atoms with Crippen molar-refractivity contribution in [2.45, 2.75) is 24.0 Å². The van der Waals surface area contributed by atoms with Crippen LogP contribution < -0.4 is 11.2 Å². The number of hydrogen-bond donors (Lipinski definition) is 2. The predicted molar refractivity (Wildman–Crippen MR) is 127 cm³/mol. The van der Waals surface area contributed by atoms with E-state index in [0.29, 0.717) is 58.9 Å². The molecule has 5 heterocycles. The number of fused-ring (bicyclic) bond motifs is 3. The van der Waals surface area contributed by atoms with Crippen molar-refractivity contribution in [3.8, 4) is 11.3 Å². The number of nitrogens with one attached hydrogen (secondary N) is 1. The van der Waals surface area contributed by atoms with E-state index in [4.69, 9.17) is 10.1 Å². The third-order valence-electron chi connectivity index (χ3n) is 6.03. The molecule has 1 amide bonds. The molecular formula is C22H21N7O4S. The first-order valence-electron chi connectivity index (χ1n) is 10.7. The lowest BCUT2D eigenvalue weighted by molar-refractivity contribution is -0.135. The number of thioether (sulfide) groups is 1. The van der Waals surface area contributed by atoms with Gasteiger partial charge < -0.3 is 10.0 Å². The van der Waals surface area contributed by atoms with Crippen LogP contribution in [0.15, 0.2) is 45.5 Å². The van der Waals surface area contributed by atoms with Gasteiger partial charge in [0, 0.05) is 43.3 Å². The van der Waals surface area contributed by atoms with Gasteiger partial charge in [-0.15, -0.1) is 0 Å². The summed E-state index contributed by atoms with van der Waals surface area (Å²) in [6.45, 7) is 0.257. The second kappa shape index (κ2) is 8.95. The molecule has 11 nitrogen and oxygen atoms in total. The van der Waals surface area contributed by atoms with Crippen LogP contribution in [0.2, 0.25) is 0 Å². The summed E-state index contributed by atoms with van der Waals surface area (Å²) >= 11 is 1.43. The molecule has 4 aromatic heterocycles. The van der Waals surface area contributed by atoms with Crippen LogP contribution in [0, 0.1) is 0 Å². The maximum atomic E-state index is 13.0. The van der Waals surface area contributed by atoms with Gasteiger partial charge in [-0.1, -0.05) is 11.8 Å². The van der Waals surface area contributed by atoms with E-state index in [1.54, 1.807) is 34.0 Å². The summed E-state index contributed by atoms with van der Waals surface area (Å²) in [4.78, 5) is 59.2. The second-order valence-electron chi connectivity index (χ2n) is 7.94. The number of aromatic amines is 1. The topological polar surface area (TPSA) is 147 Å². The third-order valence-corrected chi connectivity index (χ3v) is 6.61. The minimum Gasteiger partial charge on any atom is -0.387 e. The van der Waals surface area contributed by atoms with Gasteiger partial charge in [0.25, 0.3) is 5.56 Å². The minimum atomic E-state index is -0.545. The molecule has 1 saturated heterocycles. The number of carbonyl (C=O) groups is 1. The van der Waals surface area contributed by atoms with Crippen LogP contribution in [0.3, 0.4) is 0 Å². The van der Waals surface area contributed by atoms with Crippen LogP contribution in [0.5, 0.6) is 0 Å². The van der Waals surface area contributed by atoms with Crippen molar-refractivity contribution in [1.82, 2.24) is 34.4 Å². The molecular weight excluding hydrogens is 458 g/mol. The highest BCUT2D eigenvalue weighted by atomic mass is 32.2. The van der Waals surface area contributed by atoms with Crippen LogP contribution in [-0.2, 0) is 4.79 Å². The second-order valence-corrected chi connectivity index (χ2v) is 8.72. The number of piperidine rings is 1. The summed E-state index contributed by atoms with van der Waals surface area (Å²) < 4.78 is 1.56. The molecule has 12 heteroatoms. The summed E-state index contributed by atoms with van der Waals surface area (Å²) in [6, 6.07) is 3.33. The number of amides is 1. The minimum absolute atomic E-state index is 0.255. The van der Waals surface area contributed by atoms with E-state index in [-0.39, 0.29) is 17.3 Å². The lowest BCUT2D eigenvalue weighted by Gasteiger charge is -2.33. The average molecular weight is 480 g/mol. The highest BCUT2D eigenvalue weighted by Gasteiger charge is 2.26. The first-order chi connectivity index (χ1) is 16.5. The Balaban J connectivity index is 1.67. The number of rotatable bonds is 4. The predicted octanol–water partition coefficient (Wildman–Crippen LogP) is 0.968. The van der Waals surface area contributed by atoms with E-state index in [1.165, 1.54) is 18.0 Å². The molecule has 0 radical (unpaired) electrons. The molecule has 2 N–H and O–H groups in total. The smallest absolute Gasteiger partial charge is 0.329 e. The number of likely N-dealkylation sites (tertiary alicyclic amines) is 1. The van der Waals surface area contributed by atoms with Crippen molar-refractivity contribution in [2.75, 3.05) is 26.0 Å². The number of hydrogen-bond acceptors (Lipinski definition) is 9. The molecule has 4 aromatic rings. The lowest BCUT2D eigenvalue weighted by Crippen LogP contribution is -2.43. The number of nitrogens with zero attached hydrogens (tertiary/aromatic N) is 6. The first-order valence-corrected chi connectivity index (χ1v) is 11.9. The van der Waals surface area contributed by atoms with Crippen LogP contribution in [0.4, 0.5) is 0 Å². The van der Waals surface area contributed by atoms with Crippen molar-refractivity contribution in [3.05, 3.63) is 51.6 Å². The third kappa shape index (κ3) is 3.84. The maximum Gasteiger partial charge on any atom is 0.329 e. The molecule has 0 aromatic carbocycles. The fraction of sp³-hybridized carbons (Fsp3) is 0.318. The van der Waals surface area contributed by atoms with Gasteiger partial charge in [-0.05, 0) is 31.2 Å². The highest BCUT2D eigenvalue weighted by Crippen LogP contribution is 2.28. The maximum absolute atomic E-state index is 13.0. The van der Waals surface area contributed by atoms with E-state index in [0.717, 1.165) is 0 Å². The van der Waals surface area contributed by atoms with Crippen molar-refractivity contribution >= 4 is 39.6 Å². The van der Waals surface area contributed by atoms with Gasteiger partial charge in [-0.2, -0.15) is 0 Å². The number of carbonyl (C=O) groups excluding carboxylic acids is 1. The fourth-order valence-corrected chi connectivity index (χ4v) is 4.64. The van der Waals surface area contributed by atoms with Gasteiger partial charge in [-0.3, -0.25) is 24.1 Å². The zero-order chi connectivity index (χ0) is 23.8. The van der Waals surface area contributed by atoms with Gasteiger partial charge in [0.15, 0.2) is 5.16 Å². The summed E-state index contributed by atoms with van der Waals surface area (Å²) in [6.07, 6.45) is 7.70. The van der Waals surface area contributed by atoms with Crippen molar-refractivity contribution in [2.24, 2.45) is 0 Å². The SMILES string of the molecule is CSc1ncc(-c2ccc3ncc4c(=O)[nH]c(=O)n(C5CCN(C(=O)CO)CC5)c4c3n2)cn1. The van der Waals surface area contributed by atoms with Crippen LogP contribution >= 0.6 is 11.8 Å². The molecule has 5 rings (SSSR count). The lowest BCUT2D eigenvalue weighted by atomic mass is 10.0. The Kier molecular flexibility index (Phi) is 5.84. The van der Waals surface area contributed by atoms with Gasteiger partial charge in [-0.25, -0.2) is 19.7 Å². The van der Waals surface area contributed by atoms with Crippen molar-refractivity contribution < 1.29 is 9.90 Å². The molecule has 1 aliphatic rings. The standard InChI is InChI=1S/C22H21N7O4S/c1-34-21-24-8-12(9-25-21)15-2-3-16-18(26-15)19-14(10-23-16)20(32)27-22(33)29(19)13-4-6-28(7-5-13)17(31)11-30/h2-3,8-10,13,30H,4-7,11H2,1H3,(H,27,32,33). The molecule has 0 bridgehead atoms. The summed E-state index contributed by atoms with van der Waals surface area (Å²) in [7, 11) is 0. The Bertz CT molecular complexity index is 1510. The van der Waals surface area contributed by atoms with E-state index in [1.807, 2.05) is 6.26 Å². The van der Waals surface area contributed by atoms with Crippen LogP contribution in [0.25, 0.3) is 33.2 Å². The Hall–Kier alpha value is -3.64. The average Bonchev–Trinajstić information content (AvgIpc) is 2.88. The van der Waals surface area contributed by atoms with Gasteiger partial charge in [0.2, 0.25) is 5.91 Å². The molecule has 1 aliphatic heterocycles. The monoisotopic (exact) mass is 479 g/mol. The quantitative estimate of drug-likeness (QED) is 0.248. The molecule has 0 unspecified atom stereocenters. The Morgan fingerprint density at radius 2 is 1.88 bits per heavy atom. The zero-order valence-electron chi connectivity index (χ0n) is 18.3. The summed E-state index contributed by atoms with van der Waals surface area (Å²) in [5, 5.41) is 10.0. The van der Waals surface area contributed by atoms with E-state index in [2.05, 4.69) is 19.9 Å². The Morgan fingerprint density at radius 3 is 2.56 bits per heavy atom. The zero-order valence-corrected chi connectivity index (χ0v) is 19.1. The molecule has 0 spiro atoms. The number of aliphatic hydroxyl groups is 1. The number of H-pyrrole nitrogens is 1. The summed E-state index contributed by atoms with van der Waals surface area (Å²) in [5.74, 6) is -0.340. The largest absolute Gasteiger partial charge is 0.387 e. The van der Waals surface area contributed by atoms with Crippen LogP contribution in [0.1, 0.15) is 18.9 Å². The molecule has 34 heavy (non-hydrogen) atoms. The summed E-state index contributed by atoms with van der Waals surface area (Å²) in [5.41, 5.74) is 1.62. The molecule has 0 atom stereocenters. The van der Waals surface area contributed by atoms with Gasteiger partial charge >= 0.3 is 5.69 Å². The Labute approximate surface area is 196 Å². The number of pyridine rings is 2. The van der Waals surface area contributed by atoms with Crippen LogP contribution in [-0.4, -0.2) is 71.4 Å². The molecule has 0 aliphatic carbocycles. The number of aromatic nitrogens is 6. The fourth-order valence-electron chi connectivity index (χ4n) is 4.33. The van der Waals surface area contributed by atoms with E-state index in [9.17, 15) is 14.4 Å². The van der Waals surface area contributed by atoms with E-state index < -0.39 is 17.9 Å². The van der Waals surface area contributed by atoms with E-state index >= 15 is 0 Å². The highest BCUT2D eigenvalue weighted by molar-refractivity contribution is 7.98. The first kappa shape index (κ1) is 22.2. The van der Waals surface area contributed by atoms with Crippen molar-refractivity contribution in [1.29, 1.82) is 0 Å².